The lowest BCUT2D eigenvalue weighted by molar-refractivity contribution is 0.0949. The van der Waals surface area contributed by atoms with Gasteiger partial charge >= 0.3 is 0 Å². The normalized spacial score (nSPS) is 19.4. The van der Waals surface area contributed by atoms with Crippen LogP contribution in [0.4, 0.5) is 0 Å². The molecule has 1 aliphatic heterocycles. The van der Waals surface area contributed by atoms with E-state index in [1.54, 1.807) is 0 Å². The van der Waals surface area contributed by atoms with Crippen LogP contribution in [-0.2, 0) is 0 Å². The van der Waals surface area contributed by atoms with Gasteiger partial charge in [-0.1, -0.05) is 13.8 Å². The molecule has 1 aromatic rings. The maximum absolute atomic E-state index is 12.2. The van der Waals surface area contributed by atoms with Crippen LogP contribution in [0.25, 0.3) is 0 Å². The van der Waals surface area contributed by atoms with Crippen LogP contribution in [0.1, 0.15) is 49.9 Å². The monoisotopic (exact) mass is 289 g/mol. The van der Waals surface area contributed by atoms with E-state index in [1.165, 1.54) is 12.8 Å². The van der Waals surface area contributed by atoms with Gasteiger partial charge in [0.1, 0.15) is 5.75 Å². The van der Waals surface area contributed by atoms with E-state index in [4.69, 9.17) is 4.74 Å². The lowest BCUT2D eigenvalue weighted by Crippen LogP contribution is -2.35. The molecule has 1 atom stereocenters. The summed E-state index contributed by atoms with van der Waals surface area (Å²) in [4.78, 5) is 14.6. The molecule has 0 bridgehead atoms. The second kappa shape index (κ2) is 8.18. The predicted octanol–water partition coefficient (Wildman–Crippen LogP) is 3.78. The molecule has 0 amide bonds. The van der Waals surface area contributed by atoms with E-state index in [-0.39, 0.29) is 5.78 Å². The number of benzene rings is 1. The fourth-order valence-corrected chi connectivity index (χ4v) is 2.85. The molecule has 1 fully saturated rings. The zero-order chi connectivity index (χ0) is 15.1. The standard InChI is InChI=1S/C18H27NO2/c1-3-13-21-17-8-6-16(7-9-17)18(20)10-12-19-11-4-5-15(2)14-19/h6-9,15H,3-5,10-14H2,1-2H3. The van der Waals surface area contributed by atoms with Crippen molar-refractivity contribution in [3.8, 4) is 5.75 Å². The Balaban J connectivity index is 1.79. The highest BCUT2D eigenvalue weighted by molar-refractivity contribution is 5.96. The smallest absolute Gasteiger partial charge is 0.164 e. The van der Waals surface area contributed by atoms with Gasteiger partial charge in [0.15, 0.2) is 5.78 Å². The number of rotatable bonds is 7. The third-order valence-corrected chi connectivity index (χ3v) is 4.05. The van der Waals surface area contributed by atoms with E-state index >= 15 is 0 Å². The molecule has 3 heteroatoms. The molecular formula is C18H27NO2. The van der Waals surface area contributed by atoms with Gasteiger partial charge in [0.2, 0.25) is 0 Å². The van der Waals surface area contributed by atoms with E-state index in [0.29, 0.717) is 6.42 Å². The van der Waals surface area contributed by atoms with Crippen molar-refractivity contribution in [2.45, 2.75) is 39.5 Å². The van der Waals surface area contributed by atoms with E-state index in [2.05, 4.69) is 18.7 Å². The SMILES string of the molecule is CCCOc1ccc(C(=O)CCN2CCCC(C)C2)cc1. The van der Waals surface area contributed by atoms with Gasteiger partial charge in [0, 0.05) is 25.1 Å². The first-order chi connectivity index (χ1) is 10.2. The van der Waals surface area contributed by atoms with Crippen molar-refractivity contribution in [1.29, 1.82) is 0 Å². The van der Waals surface area contributed by atoms with Crippen LogP contribution in [-0.4, -0.2) is 36.9 Å². The Morgan fingerprint density at radius 2 is 2.10 bits per heavy atom. The zero-order valence-electron chi connectivity index (χ0n) is 13.3. The molecule has 0 radical (unpaired) electrons. The molecule has 2 rings (SSSR count). The molecule has 1 saturated heterocycles. The number of piperidine rings is 1. The lowest BCUT2D eigenvalue weighted by atomic mass is 9.99. The van der Waals surface area contributed by atoms with Gasteiger partial charge in [-0.15, -0.1) is 0 Å². The summed E-state index contributed by atoms with van der Waals surface area (Å²) < 4.78 is 5.54. The Morgan fingerprint density at radius 3 is 2.76 bits per heavy atom. The van der Waals surface area contributed by atoms with Gasteiger partial charge in [-0.05, 0) is 56.0 Å². The molecule has 0 aliphatic carbocycles. The molecule has 0 aromatic heterocycles. The Bertz CT molecular complexity index is 441. The maximum atomic E-state index is 12.2. The number of nitrogens with zero attached hydrogens (tertiary/aromatic N) is 1. The van der Waals surface area contributed by atoms with Crippen LogP contribution in [0.2, 0.25) is 0 Å². The minimum Gasteiger partial charge on any atom is -0.494 e. The Morgan fingerprint density at radius 1 is 1.33 bits per heavy atom. The van der Waals surface area contributed by atoms with Crippen molar-refractivity contribution in [2.75, 3.05) is 26.2 Å². The average Bonchev–Trinajstić information content (AvgIpc) is 2.51. The second-order valence-corrected chi connectivity index (χ2v) is 6.09. The fraction of sp³-hybridized carbons (Fsp3) is 0.611. The molecule has 1 unspecified atom stereocenters. The highest BCUT2D eigenvalue weighted by Crippen LogP contribution is 2.17. The van der Waals surface area contributed by atoms with Crippen LogP contribution in [0.15, 0.2) is 24.3 Å². The largest absolute Gasteiger partial charge is 0.494 e. The summed E-state index contributed by atoms with van der Waals surface area (Å²) in [6.45, 7) is 8.26. The van der Waals surface area contributed by atoms with Gasteiger partial charge in [-0.3, -0.25) is 4.79 Å². The van der Waals surface area contributed by atoms with Crippen molar-refractivity contribution in [3.63, 3.8) is 0 Å². The minimum atomic E-state index is 0.232. The van der Waals surface area contributed by atoms with Crippen molar-refractivity contribution in [3.05, 3.63) is 29.8 Å². The first kappa shape index (κ1) is 16.0. The average molecular weight is 289 g/mol. The van der Waals surface area contributed by atoms with Crippen molar-refractivity contribution < 1.29 is 9.53 Å². The summed E-state index contributed by atoms with van der Waals surface area (Å²) in [5.41, 5.74) is 0.795. The Hall–Kier alpha value is -1.35. The molecule has 1 aliphatic rings. The number of ketones is 1. The van der Waals surface area contributed by atoms with E-state index < -0.39 is 0 Å². The van der Waals surface area contributed by atoms with Crippen molar-refractivity contribution >= 4 is 5.78 Å². The van der Waals surface area contributed by atoms with Crippen LogP contribution in [0.5, 0.6) is 5.75 Å². The molecule has 116 valence electrons. The molecule has 0 N–H and O–H groups in total. The highest BCUT2D eigenvalue weighted by atomic mass is 16.5. The van der Waals surface area contributed by atoms with Crippen LogP contribution >= 0.6 is 0 Å². The maximum Gasteiger partial charge on any atom is 0.164 e. The predicted molar refractivity (Wildman–Crippen MR) is 86.0 cm³/mol. The number of hydrogen-bond donors (Lipinski definition) is 0. The van der Waals surface area contributed by atoms with Gasteiger partial charge in [-0.2, -0.15) is 0 Å². The molecule has 1 heterocycles. The quantitative estimate of drug-likeness (QED) is 0.715. The molecule has 1 aromatic carbocycles. The Kier molecular flexibility index (Phi) is 6.24. The fourth-order valence-electron chi connectivity index (χ4n) is 2.85. The Labute approximate surface area is 128 Å². The van der Waals surface area contributed by atoms with Crippen LogP contribution < -0.4 is 4.74 Å². The first-order valence-corrected chi connectivity index (χ1v) is 8.17. The number of likely N-dealkylation sites (tertiary alicyclic amines) is 1. The topological polar surface area (TPSA) is 29.5 Å². The lowest BCUT2D eigenvalue weighted by Gasteiger charge is -2.30. The number of carbonyl (C=O) groups is 1. The van der Waals surface area contributed by atoms with E-state index in [0.717, 1.165) is 49.9 Å². The summed E-state index contributed by atoms with van der Waals surface area (Å²) in [5.74, 6) is 1.84. The van der Waals surface area contributed by atoms with Crippen LogP contribution in [0, 0.1) is 5.92 Å². The zero-order valence-corrected chi connectivity index (χ0v) is 13.3. The summed E-state index contributed by atoms with van der Waals surface area (Å²) >= 11 is 0. The molecule has 0 saturated carbocycles. The number of Topliss-reactive ketones (excluding diaryl/α,β-unsaturated/α-hetero) is 1. The minimum absolute atomic E-state index is 0.232. The number of ether oxygens (including phenoxy) is 1. The summed E-state index contributed by atoms with van der Waals surface area (Å²) in [5, 5.41) is 0. The third kappa shape index (κ3) is 5.16. The second-order valence-electron chi connectivity index (χ2n) is 6.09. The summed E-state index contributed by atoms with van der Waals surface area (Å²) in [7, 11) is 0. The van der Waals surface area contributed by atoms with Gasteiger partial charge in [0.25, 0.3) is 0 Å². The molecule has 0 spiro atoms. The number of carbonyl (C=O) groups excluding carboxylic acids is 1. The van der Waals surface area contributed by atoms with E-state index in [9.17, 15) is 4.79 Å². The van der Waals surface area contributed by atoms with Crippen LogP contribution in [0.3, 0.4) is 0 Å². The molecule has 3 nitrogen and oxygen atoms in total. The van der Waals surface area contributed by atoms with Gasteiger partial charge in [-0.25, -0.2) is 0 Å². The van der Waals surface area contributed by atoms with Gasteiger partial charge < -0.3 is 9.64 Å². The van der Waals surface area contributed by atoms with Crippen molar-refractivity contribution in [1.82, 2.24) is 4.90 Å². The number of hydrogen-bond acceptors (Lipinski definition) is 3. The first-order valence-electron chi connectivity index (χ1n) is 8.17. The van der Waals surface area contributed by atoms with E-state index in [1.807, 2.05) is 24.3 Å². The third-order valence-electron chi connectivity index (χ3n) is 4.05. The molecule has 21 heavy (non-hydrogen) atoms. The van der Waals surface area contributed by atoms with Crippen molar-refractivity contribution in [2.24, 2.45) is 5.92 Å². The summed E-state index contributed by atoms with van der Waals surface area (Å²) in [6.07, 6.45) is 4.19. The highest BCUT2D eigenvalue weighted by Gasteiger charge is 2.17. The van der Waals surface area contributed by atoms with Gasteiger partial charge in [0.05, 0.1) is 6.61 Å². The summed E-state index contributed by atoms with van der Waals surface area (Å²) in [6, 6.07) is 7.55. The molecular weight excluding hydrogens is 262 g/mol.